The minimum absolute atomic E-state index is 0.0503. The van der Waals surface area contributed by atoms with Crippen LogP contribution >= 0.6 is 0 Å². The molecular formula is C21H25F2N3. The molecule has 138 valence electrons. The third-order valence-corrected chi connectivity index (χ3v) is 5.25. The fourth-order valence-corrected chi connectivity index (χ4v) is 3.25. The molecule has 1 heterocycles. The molecular weight excluding hydrogens is 332 g/mol. The van der Waals surface area contributed by atoms with Crippen LogP contribution in [0.2, 0.25) is 0 Å². The smallest absolute Gasteiger partial charge is 0.153 e. The topological polar surface area (TPSA) is 39.1 Å². The molecule has 2 N–H and O–H groups in total. The SMILES string of the molecule is Cc1c(F)cc(C=N)c(Nc2ccc(N3CCC(C)(C)CC3)cc2)c1F. The number of halogens is 2. The van der Waals surface area contributed by atoms with E-state index < -0.39 is 11.6 Å². The Morgan fingerprint density at radius 2 is 1.73 bits per heavy atom. The molecule has 5 heteroatoms. The van der Waals surface area contributed by atoms with E-state index in [0.717, 1.165) is 37.8 Å². The van der Waals surface area contributed by atoms with Gasteiger partial charge in [0.15, 0.2) is 5.82 Å². The Hall–Kier alpha value is -2.43. The zero-order valence-electron chi connectivity index (χ0n) is 15.5. The number of anilines is 3. The van der Waals surface area contributed by atoms with Crippen molar-refractivity contribution in [3.8, 4) is 0 Å². The Balaban J connectivity index is 1.78. The van der Waals surface area contributed by atoms with Crippen molar-refractivity contribution < 1.29 is 8.78 Å². The van der Waals surface area contributed by atoms with E-state index in [2.05, 4.69) is 24.1 Å². The van der Waals surface area contributed by atoms with E-state index in [1.807, 2.05) is 24.3 Å². The summed E-state index contributed by atoms with van der Waals surface area (Å²) in [4.78, 5) is 2.36. The molecule has 0 unspecified atom stereocenters. The maximum Gasteiger partial charge on any atom is 0.153 e. The van der Waals surface area contributed by atoms with Gasteiger partial charge in [0.05, 0.1) is 5.69 Å². The first-order chi connectivity index (χ1) is 12.3. The number of nitrogens with one attached hydrogen (secondary N) is 2. The van der Waals surface area contributed by atoms with Crippen LogP contribution < -0.4 is 10.2 Å². The van der Waals surface area contributed by atoms with Gasteiger partial charge in [0.25, 0.3) is 0 Å². The summed E-state index contributed by atoms with van der Waals surface area (Å²) in [6, 6.07) is 8.98. The van der Waals surface area contributed by atoms with Gasteiger partial charge in [0.1, 0.15) is 5.82 Å². The van der Waals surface area contributed by atoms with Crippen molar-refractivity contribution in [3.63, 3.8) is 0 Å². The van der Waals surface area contributed by atoms with Crippen LogP contribution in [0, 0.1) is 29.4 Å². The molecule has 1 saturated heterocycles. The van der Waals surface area contributed by atoms with Crippen molar-refractivity contribution in [2.75, 3.05) is 23.3 Å². The third-order valence-electron chi connectivity index (χ3n) is 5.25. The standard InChI is InChI=1S/C21H25F2N3/c1-14-18(22)12-15(13-24)20(19(14)23)25-16-4-6-17(7-5-16)26-10-8-21(2,3)9-11-26/h4-7,12-13,24-25H,8-11H2,1-3H3. The molecule has 0 saturated carbocycles. The maximum absolute atomic E-state index is 14.4. The summed E-state index contributed by atoms with van der Waals surface area (Å²) >= 11 is 0. The number of piperidine rings is 1. The molecule has 0 aromatic heterocycles. The molecule has 0 spiro atoms. The molecule has 3 nitrogen and oxygen atoms in total. The van der Waals surface area contributed by atoms with E-state index in [1.54, 1.807) is 0 Å². The van der Waals surface area contributed by atoms with Gasteiger partial charge in [-0.3, -0.25) is 0 Å². The zero-order valence-corrected chi connectivity index (χ0v) is 15.5. The van der Waals surface area contributed by atoms with Gasteiger partial charge in [0.2, 0.25) is 0 Å². The molecule has 2 aromatic rings. The number of hydrogen-bond acceptors (Lipinski definition) is 3. The molecule has 0 amide bonds. The van der Waals surface area contributed by atoms with Gasteiger partial charge in [-0.05, 0) is 55.5 Å². The molecule has 3 rings (SSSR count). The highest BCUT2D eigenvalue weighted by atomic mass is 19.1. The van der Waals surface area contributed by atoms with Gasteiger partial charge in [-0.15, -0.1) is 0 Å². The van der Waals surface area contributed by atoms with E-state index in [9.17, 15) is 8.78 Å². The summed E-state index contributed by atoms with van der Waals surface area (Å²) in [6.45, 7) is 8.06. The molecule has 0 atom stereocenters. The molecule has 0 radical (unpaired) electrons. The average Bonchev–Trinajstić information content (AvgIpc) is 2.62. The second-order valence-electron chi connectivity index (χ2n) is 7.73. The van der Waals surface area contributed by atoms with Gasteiger partial charge >= 0.3 is 0 Å². The Bertz CT molecular complexity index is 803. The van der Waals surface area contributed by atoms with E-state index in [-0.39, 0.29) is 16.8 Å². The Morgan fingerprint density at radius 1 is 1.12 bits per heavy atom. The second-order valence-corrected chi connectivity index (χ2v) is 7.73. The molecule has 26 heavy (non-hydrogen) atoms. The average molecular weight is 357 g/mol. The van der Waals surface area contributed by atoms with Gasteiger partial charge < -0.3 is 15.6 Å². The van der Waals surface area contributed by atoms with Crippen LogP contribution in [-0.2, 0) is 0 Å². The number of rotatable bonds is 4. The highest BCUT2D eigenvalue weighted by Gasteiger charge is 2.25. The lowest BCUT2D eigenvalue weighted by atomic mass is 9.82. The quantitative estimate of drug-likeness (QED) is 0.695. The van der Waals surface area contributed by atoms with E-state index in [0.29, 0.717) is 11.1 Å². The molecule has 0 bridgehead atoms. The number of nitrogens with zero attached hydrogens (tertiary/aromatic N) is 1. The fourth-order valence-electron chi connectivity index (χ4n) is 3.25. The van der Waals surface area contributed by atoms with E-state index in [1.165, 1.54) is 13.0 Å². The van der Waals surface area contributed by atoms with Gasteiger partial charge in [0, 0.05) is 41.8 Å². The van der Waals surface area contributed by atoms with Crippen molar-refractivity contribution >= 4 is 23.3 Å². The van der Waals surface area contributed by atoms with Crippen LogP contribution in [0.1, 0.15) is 37.8 Å². The second kappa shape index (κ2) is 7.06. The van der Waals surface area contributed by atoms with E-state index in [4.69, 9.17) is 5.41 Å². The third kappa shape index (κ3) is 3.71. The van der Waals surface area contributed by atoms with Crippen LogP contribution in [0.4, 0.5) is 25.8 Å². The van der Waals surface area contributed by atoms with Gasteiger partial charge in [-0.1, -0.05) is 13.8 Å². The highest BCUT2D eigenvalue weighted by molar-refractivity contribution is 5.88. The summed E-state index contributed by atoms with van der Waals surface area (Å²) in [5.74, 6) is -1.30. The molecule has 0 aliphatic carbocycles. The highest BCUT2D eigenvalue weighted by Crippen LogP contribution is 2.33. The maximum atomic E-state index is 14.4. The van der Waals surface area contributed by atoms with Crippen LogP contribution in [0.3, 0.4) is 0 Å². The lowest BCUT2D eigenvalue weighted by molar-refractivity contribution is 0.280. The summed E-state index contributed by atoms with van der Waals surface area (Å²) < 4.78 is 28.1. The summed E-state index contributed by atoms with van der Waals surface area (Å²) in [6.07, 6.45) is 3.28. The van der Waals surface area contributed by atoms with Gasteiger partial charge in [-0.2, -0.15) is 0 Å². The predicted molar refractivity (Wildman–Crippen MR) is 104 cm³/mol. The van der Waals surface area contributed by atoms with Crippen molar-refractivity contribution in [3.05, 3.63) is 53.1 Å². The fraction of sp³-hybridized carbons (Fsp3) is 0.381. The van der Waals surface area contributed by atoms with Crippen molar-refractivity contribution in [1.82, 2.24) is 0 Å². The minimum atomic E-state index is -0.661. The van der Waals surface area contributed by atoms with Crippen molar-refractivity contribution in [1.29, 1.82) is 5.41 Å². The predicted octanol–water partition coefficient (Wildman–Crippen LogP) is 5.64. The Labute approximate surface area is 153 Å². The van der Waals surface area contributed by atoms with Crippen LogP contribution in [0.5, 0.6) is 0 Å². The molecule has 1 aliphatic rings. The van der Waals surface area contributed by atoms with Crippen molar-refractivity contribution in [2.45, 2.75) is 33.6 Å². The Morgan fingerprint density at radius 3 is 2.31 bits per heavy atom. The zero-order chi connectivity index (χ0) is 18.9. The monoisotopic (exact) mass is 357 g/mol. The van der Waals surface area contributed by atoms with Gasteiger partial charge in [-0.25, -0.2) is 8.78 Å². The number of benzene rings is 2. The normalized spacial score (nSPS) is 16.4. The van der Waals surface area contributed by atoms with Crippen LogP contribution in [0.25, 0.3) is 0 Å². The van der Waals surface area contributed by atoms with E-state index >= 15 is 0 Å². The molecule has 2 aromatic carbocycles. The Kier molecular flexibility index (Phi) is 4.99. The summed E-state index contributed by atoms with van der Waals surface area (Å²) in [7, 11) is 0. The summed E-state index contributed by atoms with van der Waals surface area (Å²) in [5.41, 5.74) is 2.53. The molecule has 1 aliphatic heterocycles. The molecule has 1 fully saturated rings. The first-order valence-electron chi connectivity index (χ1n) is 8.92. The first-order valence-corrected chi connectivity index (χ1v) is 8.92. The lowest BCUT2D eigenvalue weighted by Gasteiger charge is -2.38. The van der Waals surface area contributed by atoms with Crippen LogP contribution in [0.15, 0.2) is 30.3 Å². The number of hydrogen-bond donors (Lipinski definition) is 2. The largest absolute Gasteiger partial charge is 0.371 e. The van der Waals surface area contributed by atoms with Crippen LogP contribution in [-0.4, -0.2) is 19.3 Å². The van der Waals surface area contributed by atoms with Crippen molar-refractivity contribution in [2.24, 2.45) is 5.41 Å². The first kappa shape index (κ1) is 18.4. The lowest BCUT2D eigenvalue weighted by Crippen LogP contribution is -2.37. The summed E-state index contributed by atoms with van der Waals surface area (Å²) in [5, 5.41) is 10.4. The minimum Gasteiger partial charge on any atom is -0.371 e.